The van der Waals surface area contributed by atoms with Gasteiger partial charge in [-0.15, -0.1) is 21.5 Å². The van der Waals surface area contributed by atoms with Crippen LogP contribution in [0.2, 0.25) is 0 Å². The minimum Gasteiger partial charge on any atom is -0.423 e. The predicted octanol–water partition coefficient (Wildman–Crippen LogP) is 5.04. The zero-order valence-corrected chi connectivity index (χ0v) is 14.0. The summed E-state index contributed by atoms with van der Waals surface area (Å²) < 4.78 is 6.35. The second-order valence-corrected chi connectivity index (χ2v) is 6.67. The average Bonchev–Trinajstić information content (AvgIpc) is 3.12. The van der Waals surface area contributed by atoms with Crippen LogP contribution < -0.4 is 5.32 Å². The highest BCUT2D eigenvalue weighted by Gasteiger charge is 2.11. The van der Waals surface area contributed by atoms with Gasteiger partial charge in [-0.05, 0) is 59.6 Å². The lowest BCUT2D eigenvalue weighted by Crippen LogP contribution is -2.06. The molecule has 0 bridgehead atoms. The molecule has 1 unspecified atom stereocenters. The third kappa shape index (κ3) is 3.16. The van der Waals surface area contributed by atoms with Crippen LogP contribution in [0.5, 0.6) is 0 Å². The number of rotatable bonds is 4. The Hall–Kier alpha value is -1.66. The lowest BCUT2D eigenvalue weighted by molar-refractivity contribution is 0.568. The highest BCUT2D eigenvalue weighted by atomic mass is 79.9. The van der Waals surface area contributed by atoms with Crippen molar-refractivity contribution in [3.8, 4) is 11.5 Å². The van der Waals surface area contributed by atoms with Crippen molar-refractivity contribution in [2.45, 2.75) is 19.9 Å². The number of hydrogen-bond donors (Lipinski definition) is 1. The van der Waals surface area contributed by atoms with Gasteiger partial charge in [0, 0.05) is 26.0 Å². The molecular weight excluding hydrogens is 350 g/mol. The van der Waals surface area contributed by atoms with Crippen molar-refractivity contribution in [1.82, 2.24) is 10.2 Å². The topological polar surface area (TPSA) is 51.0 Å². The molecule has 108 valence electrons. The minimum absolute atomic E-state index is 0.259. The Morgan fingerprint density at radius 1 is 1.33 bits per heavy atom. The smallest absolute Gasteiger partial charge is 0.247 e. The summed E-state index contributed by atoms with van der Waals surface area (Å²) in [6.07, 6.45) is 1.34. The molecule has 4 nitrogen and oxygen atoms in total. The van der Waals surface area contributed by atoms with Crippen LogP contribution >= 0.6 is 27.3 Å². The standard InChI is InChI=1S/C15H14BrN3OS/c1-9-5-11(15-19-17-8-20-15)3-4-13(9)18-10(2)14-6-12(16)7-21-14/h3-8,10,18H,1-2H3. The normalized spacial score (nSPS) is 12.3. The number of aryl methyl sites for hydroxylation is 1. The summed E-state index contributed by atoms with van der Waals surface area (Å²) in [7, 11) is 0. The molecule has 3 aromatic rings. The van der Waals surface area contributed by atoms with E-state index >= 15 is 0 Å². The van der Waals surface area contributed by atoms with E-state index in [1.807, 2.05) is 18.2 Å². The Kier molecular flexibility index (Phi) is 4.07. The summed E-state index contributed by atoms with van der Waals surface area (Å²) in [5, 5.41) is 13.3. The lowest BCUT2D eigenvalue weighted by atomic mass is 10.1. The Morgan fingerprint density at radius 3 is 2.81 bits per heavy atom. The van der Waals surface area contributed by atoms with Gasteiger partial charge in [-0.2, -0.15) is 0 Å². The van der Waals surface area contributed by atoms with Gasteiger partial charge in [-0.3, -0.25) is 0 Å². The van der Waals surface area contributed by atoms with Crippen LogP contribution in [-0.4, -0.2) is 10.2 Å². The van der Waals surface area contributed by atoms with Crippen LogP contribution in [0.4, 0.5) is 5.69 Å². The zero-order chi connectivity index (χ0) is 14.8. The van der Waals surface area contributed by atoms with Crippen LogP contribution in [0.1, 0.15) is 23.4 Å². The fourth-order valence-corrected chi connectivity index (χ4v) is 3.57. The Balaban J connectivity index is 1.80. The second-order valence-electron chi connectivity index (χ2n) is 4.81. The van der Waals surface area contributed by atoms with E-state index in [0.717, 1.165) is 21.3 Å². The number of aromatic nitrogens is 2. The van der Waals surface area contributed by atoms with Gasteiger partial charge < -0.3 is 9.73 Å². The van der Waals surface area contributed by atoms with Crippen molar-refractivity contribution >= 4 is 33.0 Å². The summed E-state index contributed by atoms with van der Waals surface area (Å²) in [6.45, 7) is 4.23. The van der Waals surface area contributed by atoms with E-state index in [2.05, 4.69) is 56.7 Å². The maximum Gasteiger partial charge on any atom is 0.247 e. The van der Waals surface area contributed by atoms with Crippen molar-refractivity contribution in [1.29, 1.82) is 0 Å². The van der Waals surface area contributed by atoms with Crippen molar-refractivity contribution < 1.29 is 4.42 Å². The van der Waals surface area contributed by atoms with E-state index in [1.54, 1.807) is 11.3 Å². The Bertz CT molecular complexity index is 739. The second kappa shape index (κ2) is 5.99. The first-order valence-electron chi connectivity index (χ1n) is 6.51. The van der Waals surface area contributed by atoms with Crippen molar-refractivity contribution in [2.75, 3.05) is 5.32 Å². The molecule has 0 saturated carbocycles. The predicted molar refractivity (Wildman–Crippen MR) is 88.5 cm³/mol. The summed E-state index contributed by atoms with van der Waals surface area (Å²) in [5.74, 6) is 0.542. The molecule has 2 aromatic heterocycles. The number of nitrogens with one attached hydrogen (secondary N) is 1. The lowest BCUT2D eigenvalue weighted by Gasteiger charge is -2.16. The molecule has 2 heterocycles. The highest BCUT2D eigenvalue weighted by molar-refractivity contribution is 9.10. The van der Waals surface area contributed by atoms with Crippen molar-refractivity contribution in [2.24, 2.45) is 0 Å². The van der Waals surface area contributed by atoms with Crippen molar-refractivity contribution in [3.05, 3.63) is 51.0 Å². The molecule has 3 rings (SSSR count). The maximum absolute atomic E-state index is 5.22. The first-order valence-corrected chi connectivity index (χ1v) is 8.18. The van der Waals surface area contributed by atoms with Gasteiger partial charge in [0.05, 0.1) is 6.04 Å². The van der Waals surface area contributed by atoms with Gasteiger partial charge in [0.25, 0.3) is 0 Å². The maximum atomic E-state index is 5.22. The molecule has 0 fully saturated rings. The molecule has 0 amide bonds. The van der Waals surface area contributed by atoms with E-state index < -0.39 is 0 Å². The zero-order valence-electron chi connectivity index (χ0n) is 11.6. The minimum atomic E-state index is 0.259. The van der Waals surface area contributed by atoms with Crippen LogP contribution in [-0.2, 0) is 0 Å². The average molecular weight is 364 g/mol. The third-order valence-electron chi connectivity index (χ3n) is 3.22. The molecule has 1 atom stereocenters. The summed E-state index contributed by atoms with van der Waals surface area (Å²) in [6, 6.07) is 8.49. The van der Waals surface area contributed by atoms with Gasteiger partial charge in [0.2, 0.25) is 12.3 Å². The number of hydrogen-bond acceptors (Lipinski definition) is 5. The van der Waals surface area contributed by atoms with Crippen LogP contribution in [0, 0.1) is 6.92 Å². The fraction of sp³-hybridized carbons (Fsp3) is 0.200. The fourth-order valence-electron chi connectivity index (χ4n) is 2.12. The van der Waals surface area contributed by atoms with Crippen LogP contribution in [0.3, 0.4) is 0 Å². The Labute approximate surface area is 135 Å². The molecular formula is C15H14BrN3OS. The van der Waals surface area contributed by atoms with Crippen LogP contribution in [0.15, 0.2) is 44.9 Å². The van der Waals surface area contributed by atoms with Gasteiger partial charge in [-0.1, -0.05) is 0 Å². The van der Waals surface area contributed by atoms with Crippen LogP contribution in [0.25, 0.3) is 11.5 Å². The van der Waals surface area contributed by atoms with E-state index in [0.29, 0.717) is 5.89 Å². The molecule has 0 radical (unpaired) electrons. The third-order valence-corrected chi connectivity index (χ3v) is 5.10. The molecule has 1 N–H and O–H groups in total. The number of anilines is 1. The molecule has 1 aromatic carbocycles. The van der Waals surface area contributed by atoms with Gasteiger partial charge in [0.1, 0.15) is 0 Å². The monoisotopic (exact) mass is 363 g/mol. The van der Waals surface area contributed by atoms with E-state index in [-0.39, 0.29) is 6.04 Å². The SMILES string of the molecule is Cc1cc(-c2nnco2)ccc1NC(C)c1cc(Br)cs1. The number of nitrogens with zero attached hydrogens (tertiary/aromatic N) is 2. The largest absolute Gasteiger partial charge is 0.423 e. The van der Waals surface area contributed by atoms with Crippen molar-refractivity contribution in [3.63, 3.8) is 0 Å². The molecule has 0 aliphatic heterocycles. The van der Waals surface area contributed by atoms with Gasteiger partial charge in [0.15, 0.2) is 0 Å². The highest BCUT2D eigenvalue weighted by Crippen LogP contribution is 2.30. The number of halogens is 1. The van der Waals surface area contributed by atoms with E-state index in [1.165, 1.54) is 11.3 Å². The number of thiophene rings is 1. The summed E-state index contributed by atoms with van der Waals surface area (Å²) in [4.78, 5) is 1.29. The molecule has 0 aliphatic carbocycles. The molecule has 0 saturated heterocycles. The van der Waals surface area contributed by atoms with Gasteiger partial charge >= 0.3 is 0 Å². The quantitative estimate of drug-likeness (QED) is 0.705. The molecule has 0 spiro atoms. The van der Waals surface area contributed by atoms with Gasteiger partial charge in [-0.25, -0.2) is 0 Å². The molecule has 21 heavy (non-hydrogen) atoms. The van der Waals surface area contributed by atoms with E-state index in [4.69, 9.17) is 4.42 Å². The molecule has 0 aliphatic rings. The summed E-state index contributed by atoms with van der Waals surface area (Å²) >= 11 is 5.23. The Morgan fingerprint density at radius 2 is 2.19 bits per heavy atom. The number of benzene rings is 1. The molecule has 6 heteroatoms. The van der Waals surface area contributed by atoms with E-state index in [9.17, 15) is 0 Å². The first kappa shape index (κ1) is 14.3. The summed E-state index contributed by atoms with van der Waals surface area (Å²) in [5.41, 5.74) is 3.19. The first-order chi connectivity index (χ1) is 10.1.